The van der Waals surface area contributed by atoms with Crippen molar-refractivity contribution in [2.75, 3.05) is 0 Å². The van der Waals surface area contributed by atoms with E-state index in [1.165, 1.54) is 25.5 Å². The number of allylic oxidation sites excluding steroid dienone is 2. The lowest BCUT2D eigenvalue weighted by Crippen LogP contribution is -2.41. The van der Waals surface area contributed by atoms with Crippen LogP contribution in [0, 0.1) is 23.7 Å². The van der Waals surface area contributed by atoms with E-state index in [0.29, 0.717) is 30.4 Å². The van der Waals surface area contributed by atoms with Crippen molar-refractivity contribution in [1.29, 1.82) is 0 Å². The smallest absolute Gasteiger partial charge is 0.331 e. The van der Waals surface area contributed by atoms with Gasteiger partial charge >= 0.3 is 17.9 Å². The number of fused-ring (bicyclic) bond motifs is 1. The molecule has 0 bridgehead atoms. The fourth-order valence-electron chi connectivity index (χ4n) is 5.64. The molecule has 202 valence electrons. The van der Waals surface area contributed by atoms with E-state index in [1.54, 1.807) is 29.2 Å². The van der Waals surface area contributed by atoms with Gasteiger partial charge in [0, 0.05) is 39.6 Å². The van der Waals surface area contributed by atoms with Crippen LogP contribution in [0.15, 0.2) is 42.4 Å². The number of ether oxygens (including phenoxy) is 3. The van der Waals surface area contributed by atoms with Gasteiger partial charge in [0.05, 0.1) is 12.0 Å². The molecule has 1 aromatic heterocycles. The van der Waals surface area contributed by atoms with Gasteiger partial charge in [-0.2, -0.15) is 0 Å². The molecule has 2 aliphatic carbocycles. The monoisotopic (exact) mass is 512 g/mol. The first-order chi connectivity index (χ1) is 17.5. The van der Waals surface area contributed by atoms with Gasteiger partial charge in [0.15, 0.2) is 6.10 Å². The molecular formula is C29H40N2O6. The van der Waals surface area contributed by atoms with Gasteiger partial charge in [0.1, 0.15) is 12.2 Å². The summed E-state index contributed by atoms with van der Waals surface area (Å²) in [5.74, 6) is -0.154. The average Bonchev–Trinajstić information content (AvgIpc) is 3.22. The van der Waals surface area contributed by atoms with Crippen molar-refractivity contribution in [3.8, 4) is 0 Å². The summed E-state index contributed by atoms with van der Waals surface area (Å²) in [7, 11) is 1.85. The Balaban J connectivity index is 1.95. The third-order valence-electron chi connectivity index (χ3n) is 7.35. The van der Waals surface area contributed by atoms with Crippen LogP contribution in [0.4, 0.5) is 0 Å². The van der Waals surface area contributed by atoms with E-state index < -0.39 is 24.1 Å². The second kappa shape index (κ2) is 12.9. The largest absolute Gasteiger partial charge is 0.462 e. The van der Waals surface area contributed by atoms with Crippen molar-refractivity contribution in [1.82, 2.24) is 9.55 Å². The number of imidazole rings is 1. The van der Waals surface area contributed by atoms with Crippen LogP contribution in [0.2, 0.25) is 0 Å². The Kier molecular flexibility index (Phi) is 9.89. The fraction of sp³-hybridized carbons (Fsp3) is 0.586. The predicted molar refractivity (Wildman–Crippen MR) is 140 cm³/mol. The molecule has 0 amide bonds. The van der Waals surface area contributed by atoms with Gasteiger partial charge in [-0.1, -0.05) is 31.6 Å². The Hall–Kier alpha value is -3.16. The summed E-state index contributed by atoms with van der Waals surface area (Å²) < 4.78 is 19.1. The molecule has 0 spiro atoms. The van der Waals surface area contributed by atoms with E-state index in [-0.39, 0.29) is 23.9 Å². The number of aromatic nitrogens is 2. The van der Waals surface area contributed by atoms with Crippen LogP contribution in [-0.2, 0) is 35.6 Å². The lowest BCUT2D eigenvalue weighted by atomic mass is 9.64. The molecule has 0 unspecified atom stereocenters. The maximum absolute atomic E-state index is 12.9. The average molecular weight is 513 g/mol. The summed E-state index contributed by atoms with van der Waals surface area (Å²) in [6.45, 7) is 9.32. The highest BCUT2D eigenvalue weighted by Gasteiger charge is 2.40. The molecule has 0 aliphatic heterocycles. The quantitative estimate of drug-likeness (QED) is 0.234. The molecule has 0 saturated heterocycles. The highest BCUT2D eigenvalue weighted by Crippen LogP contribution is 2.45. The number of hydrogen-bond donors (Lipinski definition) is 0. The molecule has 0 radical (unpaired) electrons. The number of aryl methyl sites for hydroxylation is 1. The van der Waals surface area contributed by atoms with Gasteiger partial charge in [0.25, 0.3) is 0 Å². The zero-order valence-corrected chi connectivity index (χ0v) is 22.8. The number of hydrogen-bond acceptors (Lipinski definition) is 7. The second-order valence-electron chi connectivity index (χ2n) is 10.6. The number of carbonyl (C=O) groups excluding carboxylic acids is 3. The minimum atomic E-state index is -0.756. The van der Waals surface area contributed by atoms with E-state index >= 15 is 0 Å². The van der Waals surface area contributed by atoms with Crippen molar-refractivity contribution in [3.63, 3.8) is 0 Å². The van der Waals surface area contributed by atoms with Crippen LogP contribution in [0.1, 0.15) is 66.0 Å². The van der Waals surface area contributed by atoms with Crippen LogP contribution in [0.3, 0.4) is 0 Å². The maximum atomic E-state index is 12.9. The molecule has 1 aromatic rings. The third-order valence-corrected chi connectivity index (χ3v) is 7.35. The number of rotatable bonds is 6. The number of carbonyl (C=O) groups is 3. The Labute approximate surface area is 219 Å². The molecule has 0 aromatic carbocycles. The normalized spacial score (nSPS) is 28.4. The topological polar surface area (TPSA) is 96.7 Å². The molecule has 0 saturated carbocycles. The molecule has 2 aliphatic rings. The minimum absolute atomic E-state index is 0.0846. The summed E-state index contributed by atoms with van der Waals surface area (Å²) >= 11 is 0. The van der Waals surface area contributed by atoms with E-state index in [0.717, 1.165) is 12.8 Å². The molecule has 1 heterocycles. The van der Waals surface area contributed by atoms with Gasteiger partial charge in [-0.15, -0.1) is 0 Å². The first-order valence-corrected chi connectivity index (χ1v) is 13.1. The summed E-state index contributed by atoms with van der Waals surface area (Å²) in [5, 5.41) is 0. The van der Waals surface area contributed by atoms with Crippen LogP contribution in [0.5, 0.6) is 0 Å². The third kappa shape index (κ3) is 8.17. The van der Waals surface area contributed by atoms with Crippen molar-refractivity contribution in [2.24, 2.45) is 30.7 Å². The van der Waals surface area contributed by atoms with Gasteiger partial charge in [-0.3, -0.25) is 9.59 Å². The summed E-state index contributed by atoms with van der Waals surface area (Å²) in [6.07, 6.45) is 13.3. The first kappa shape index (κ1) is 28.4. The fourth-order valence-corrected chi connectivity index (χ4v) is 5.64. The molecule has 6 atom stereocenters. The molecular weight excluding hydrogens is 472 g/mol. The molecule has 37 heavy (non-hydrogen) atoms. The number of esters is 3. The van der Waals surface area contributed by atoms with Crippen molar-refractivity contribution < 1.29 is 28.6 Å². The Morgan fingerprint density at radius 1 is 1.08 bits per heavy atom. The maximum Gasteiger partial charge on any atom is 0.331 e. The van der Waals surface area contributed by atoms with Gasteiger partial charge in [0.2, 0.25) is 0 Å². The molecule has 0 N–H and O–H groups in total. The minimum Gasteiger partial charge on any atom is -0.462 e. The first-order valence-electron chi connectivity index (χ1n) is 13.1. The highest BCUT2D eigenvalue weighted by atomic mass is 16.6. The Bertz CT molecular complexity index is 1050. The van der Waals surface area contributed by atoms with Crippen LogP contribution >= 0.6 is 0 Å². The van der Waals surface area contributed by atoms with Gasteiger partial charge < -0.3 is 18.8 Å². The van der Waals surface area contributed by atoms with E-state index in [4.69, 9.17) is 14.2 Å². The Morgan fingerprint density at radius 3 is 2.43 bits per heavy atom. The molecule has 8 heteroatoms. The zero-order valence-electron chi connectivity index (χ0n) is 22.8. The zero-order chi connectivity index (χ0) is 27.1. The molecule has 3 rings (SSSR count). The lowest BCUT2D eigenvalue weighted by Gasteiger charge is -2.43. The predicted octanol–water partition coefficient (Wildman–Crippen LogP) is 4.80. The van der Waals surface area contributed by atoms with Gasteiger partial charge in [-0.25, -0.2) is 9.78 Å². The number of nitrogens with zero attached hydrogens (tertiary/aromatic N) is 2. The summed E-state index contributed by atoms with van der Waals surface area (Å²) in [6, 6.07) is 0. The van der Waals surface area contributed by atoms with Crippen molar-refractivity contribution in [2.45, 2.75) is 78.6 Å². The summed E-state index contributed by atoms with van der Waals surface area (Å²) in [4.78, 5) is 40.9. The van der Waals surface area contributed by atoms with E-state index in [2.05, 4.69) is 31.8 Å². The van der Waals surface area contributed by atoms with E-state index in [1.807, 2.05) is 13.1 Å². The SMILES string of the molecule is CC(=O)O[C@@H]1CC=C[C@@H](OC(C)=O)[C@@H](OC(=O)C=Cc2cn(C)cn2)C[C@H]2C(C)=CC[C@H](C(C)C)[C@H]2C1. The molecule has 8 nitrogen and oxygen atoms in total. The lowest BCUT2D eigenvalue weighted by molar-refractivity contribution is -0.161. The van der Waals surface area contributed by atoms with Crippen molar-refractivity contribution in [3.05, 3.63) is 48.1 Å². The van der Waals surface area contributed by atoms with Crippen LogP contribution < -0.4 is 0 Å². The molecule has 0 fully saturated rings. The van der Waals surface area contributed by atoms with Crippen LogP contribution in [0.25, 0.3) is 6.08 Å². The Morgan fingerprint density at radius 2 is 1.81 bits per heavy atom. The second-order valence-corrected chi connectivity index (χ2v) is 10.6. The standard InChI is InChI=1S/C29H40N2O6/c1-18(2)24-12-10-19(3)25-15-28(37-29(34)13-11-22-16-31(6)17-30-22)27(36-21(5)33)9-7-8-23(14-26(24)25)35-20(4)32/h7,9-11,13,16-18,23-28H,8,12,14-15H2,1-6H3/t23-,24-,25+,26-,27-,28+/m1/s1. The van der Waals surface area contributed by atoms with Crippen LogP contribution in [-0.4, -0.2) is 45.8 Å². The van der Waals surface area contributed by atoms with Crippen molar-refractivity contribution >= 4 is 24.0 Å². The highest BCUT2D eigenvalue weighted by molar-refractivity contribution is 5.86. The van der Waals surface area contributed by atoms with Gasteiger partial charge in [-0.05, 0) is 62.0 Å². The van der Waals surface area contributed by atoms with E-state index in [9.17, 15) is 14.4 Å². The summed E-state index contributed by atoms with van der Waals surface area (Å²) in [5.41, 5.74) is 1.86.